The highest BCUT2D eigenvalue weighted by molar-refractivity contribution is 5.74. The predicted octanol–water partition coefficient (Wildman–Crippen LogP) is 3.82. The number of aliphatic carboxylic acids is 1. The second kappa shape index (κ2) is 6.19. The SMILES string of the molecule is CC(c1ccc(-c2ccccc2F)cc1)C(C#N)C(=O)O. The zero-order valence-corrected chi connectivity index (χ0v) is 11.5. The molecular weight excluding hydrogens is 269 g/mol. The maximum atomic E-state index is 13.7. The Bertz CT molecular complexity index is 689. The summed E-state index contributed by atoms with van der Waals surface area (Å²) in [4.78, 5) is 11.0. The van der Waals surface area contributed by atoms with Gasteiger partial charge in [-0.2, -0.15) is 5.26 Å². The maximum absolute atomic E-state index is 13.7. The Morgan fingerprint density at radius 1 is 1.19 bits per heavy atom. The first kappa shape index (κ1) is 14.7. The minimum Gasteiger partial charge on any atom is -0.480 e. The van der Waals surface area contributed by atoms with Gasteiger partial charge >= 0.3 is 5.97 Å². The Balaban J connectivity index is 2.30. The fourth-order valence-corrected chi connectivity index (χ4v) is 2.23. The fraction of sp³-hybridized carbons (Fsp3) is 0.176. The number of benzene rings is 2. The molecule has 4 heteroatoms. The molecule has 106 valence electrons. The molecule has 2 atom stereocenters. The topological polar surface area (TPSA) is 61.1 Å². The molecule has 2 aromatic carbocycles. The second-order valence-corrected chi connectivity index (χ2v) is 4.84. The van der Waals surface area contributed by atoms with Gasteiger partial charge in [-0.3, -0.25) is 4.79 Å². The van der Waals surface area contributed by atoms with E-state index in [0.29, 0.717) is 11.1 Å². The van der Waals surface area contributed by atoms with Crippen LogP contribution >= 0.6 is 0 Å². The number of carboxylic acid groups (broad SMARTS) is 1. The van der Waals surface area contributed by atoms with E-state index in [2.05, 4.69) is 0 Å². The standard InChI is InChI=1S/C17H14FNO2/c1-11(15(10-19)17(20)21)12-6-8-13(9-7-12)14-4-2-3-5-16(14)18/h2-9,11,15H,1H3,(H,20,21). The predicted molar refractivity (Wildman–Crippen MR) is 77.0 cm³/mol. The quantitative estimate of drug-likeness (QED) is 0.927. The molecule has 0 heterocycles. The van der Waals surface area contributed by atoms with Crippen molar-refractivity contribution in [3.8, 4) is 17.2 Å². The summed E-state index contributed by atoms with van der Waals surface area (Å²) in [6.45, 7) is 1.69. The number of rotatable bonds is 4. The van der Waals surface area contributed by atoms with E-state index in [1.54, 1.807) is 55.5 Å². The van der Waals surface area contributed by atoms with Crippen molar-refractivity contribution in [1.82, 2.24) is 0 Å². The van der Waals surface area contributed by atoms with E-state index in [9.17, 15) is 9.18 Å². The van der Waals surface area contributed by atoms with Crippen LogP contribution in [0.15, 0.2) is 48.5 Å². The van der Waals surface area contributed by atoms with Crippen LogP contribution < -0.4 is 0 Å². The monoisotopic (exact) mass is 283 g/mol. The molecule has 0 radical (unpaired) electrons. The number of carbonyl (C=O) groups is 1. The van der Waals surface area contributed by atoms with Crippen molar-refractivity contribution in [1.29, 1.82) is 5.26 Å². The van der Waals surface area contributed by atoms with Crippen molar-refractivity contribution in [2.24, 2.45) is 5.92 Å². The highest BCUT2D eigenvalue weighted by Crippen LogP contribution is 2.28. The third kappa shape index (κ3) is 3.09. The van der Waals surface area contributed by atoms with Crippen LogP contribution in [0.3, 0.4) is 0 Å². The minimum atomic E-state index is -1.14. The lowest BCUT2D eigenvalue weighted by Gasteiger charge is -2.15. The molecule has 1 N–H and O–H groups in total. The largest absolute Gasteiger partial charge is 0.480 e. The summed E-state index contributed by atoms with van der Waals surface area (Å²) >= 11 is 0. The Labute approximate surface area is 122 Å². The van der Waals surface area contributed by atoms with E-state index >= 15 is 0 Å². The van der Waals surface area contributed by atoms with Gasteiger partial charge in [-0.15, -0.1) is 0 Å². The first-order chi connectivity index (χ1) is 10.0. The number of nitrogens with zero attached hydrogens (tertiary/aromatic N) is 1. The third-order valence-electron chi connectivity index (χ3n) is 3.53. The Morgan fingerprint density at radius 2 is 1.81 bits per heavy atom. The van der Waals surface area contributed by atoms with Gasteiger partial charge in [-0.1, -0.05) is 49.4 Å². The van der Waals surface area contributed by atoms with Crippen molar-refractivity contribution >= 4 is 5.97 Å². The molecule has 0 aliphatic heterocycles. The van der Waals surface area contributed by atoms with E-state index in [4.69, 9.17) is 10.4 Å². The summed E-state index contributed by atoms with van der Waals surface area (Å²) in [6, 6.07) is 15.2. The van der Waals surface area contributed by atoms with Crippen molar-refractivity contribution in [2.75, 3.05) is 0 Å². The number of carboxylic acids is 1. The highest BCUT2D eigenvalue weighted by Gasteiger charge is 2.25. The van der Waals surface area contributed by atoms with E-state index in [1.807, 2.05) is 0 Å². The van der Waals surface area contributed by atoms with Gasteiger partial charge in [0.2, 0.25) is 0 Å². The molecule has 0 saturated carbocycles. The van der Waals surface area contributed by atoms with Gasteiger partial charge in [0, 0.05) is 11.5 Å². The van der Waals surface area contributed by atoms with Gasteiger partial charge in [-0.05, 0) is 17.2 Å². The lowest BCUT2D eigenvalue weighted by Crippen LogP contribution is -2.18. The van der Waals surface area contributed by atoms with Crippen molar-refractivity contribution in [2.45, 2.75) is 12.8 Å². The molecule has 0 aliphatic rings. The summed E-state index contributed by atoms with van der Waals surface area (Å²) in [5.74, 6) is -2.96. The molecule has 0 aliphatic carbocycles. The Hall–Kier alpha value is -2.67. The highest BCUT2D eigenvalue weighted by atomic mass is 19.1. The summed E-state index contributed by atoms with van der Waals surface area (Å²) < 4.78 is 13.7. The average molecular weight is 283 g/mol. The lowest BCUT2D eigenvalue weighted by molar-refractivity contribution is -0.140. The van der Waals surface area contributed by atoms with E-state index in [0.717, 1.165) is 5.56 Å². The van der Waals surface area contributed by atoms with Gasteiger partial charge in [0.15, 0.2) is 0 Å². The van der Waals surface area contributed by atoms with Crippen LogP contribution in [0.1, 0.15) is 18.4 Å². The summed E-state index contributed by atoms with van der Waals surface area (Å²) in [7, 11) is 0. The van der Waals surface area contributed by atoms with Crippen LogP contribution in [0.5, 0.6) is 0 Å². The van der Waals surface area contributed by atoms with Gasteiger partial charge in [0.05, 0.1) is 6.07 Å². The molecule has 0 aromatic heterocycles. The van der Waals surface area contributed by atoms with Crippen LogP contribution in [-0.2, 0) is 4.79 Å². The second-order valence-electron chi connectivity index (χ2n) is 4.84. The molecule has 0 spiro atoms. The van der Waals surface area contributed by atoms with E-state index in [1.165, 1.54) is 6.07 Å². The molecule has 0 amide bonds. The number of nitriles is 1. The van der Waals surface area contributed by atoms with Crippen LogP contribution in [0.25, 0.3) is 11.1 Å². The van der Waals surface area contributed by atoms with Crippen LogP contribution in [0.2, 0.25) is 0 Å². The zero-order valence-electron chi connectivity index (χ0n) is 11.5. The van der Waals surface area contributed by atoms with Crippen LogP contribution in [0, 0.1) is 23.1 Å². The molecule has 0 fully saturated rings. The van der Waals surface area contributed by atoms with Gasteiger partial charge < -0.3 is 5.11 Å². The third-order valence-corrected chi connectivity index (χ3v) is 3.53. The molecule has 2 unspecified atom stereocenters. The van der Waals surface area contributed by atoms with Gasteiger partial charge in [-0.25, -0.2) is 4.39 Å². The summed E-state index contributed by atoms with van der Waals surface area (Å²) in [5.41, 5.74) is 1.95. The number of hydrogen-bond acceptors (Lipinski definition) is 2. The van der Waals surface area contributed by atoms with Crippen molar-refractivity contribution in [3.05, 3.63) is 59.9 Å². The van der Waals surface area contributed by atoms with Crippen LogP contribution in [-0.4, -0.2) is 11.1 Å². The molecule has 0 bridgehead atoms. The molecule has 2 aromatic rings. The summed E-state index contributed by atoms with van der Waals surface area (Å²) in [5, 5.41) is 17.9. The Kier molecular flexibility index (Phi) is 4.34. The molecule has 0 saturated heterocycles. The molecular formula is C17H14FNO2. The normalized spacial score (nSPS) is 13.2. The van der Waals surface area contributed by atoms with E-state index in [-0.39, 0.29) is 5.82 Å². The van der Waals surface area contributed by atoms with Crippen LogP contribution in [0.4, 0.5) is 4.39 Å². The van der Waals surface area contributed by atoms with E-state index < -0.39 is 17.8 Å². The molecule has 2 rings (SSSR count). The summed E-state index contributed by atoms with van der Waals surface area (Å²) in [6.07, 6.45) is 0. The fourth-order valence-electron chi connectivity index (χ4n) is 2.23. The first-order valence-electron chi connectivity index (χ1n) is 6.52. The Morgan fingerprint density at radius 3 is 2.33 bits per heavy atom. The number of hydrogen-bond donors (Lipinski definition) is 1. The lowest BCUT2D eigenvalue weighted by atomic mass is 9.88. The number of halogens is 1. The maximum Gasteiger partial charge on any atom is 0.321 e. The zero-order chi connectivity index (χ0) is 15.4. The van der Waals surface area contributed by atoms with Crippen molar-refractivity contribution in [3.63, 3.8) is 0 Å². The first-order valence-corrected chi connectivity index (χ1v) is 6.52. The average Bonchev–Trinajstić information content (AvgIpc) is 2.48. The minimum absolute atomic E-state index is 0.307. The molecule has 21 heavy (non-hydrogen) atoms. The smallest absolute Gasteiger partial charge is 0.321 e. The van der Waals surface area contributed by atoms with Crippen molar-refractivity contribution < 1.29 is 14.3 Å². The molecule has 3 nitrogen and oxygen atoms in total. The van der Waals surface area contributed by atoms with Gasteiger partial charge in [0.25, 0.3) is 0 Å². The van der Waals surface area contributed by atoms with Gasteiger partial charge in [0.1, 0.15) is 11.7 Å².